The molecule has 1 atom stereocenters. The van der Waals surface area contributed by atoms with E-state index in [-0.39, 0.29) is 5.72 Å². The molecule has 1 aliphatic heterocycles. The second-order valence-corrected chi connectivity index (χ2v) is 4.41. The quantitative estimate of drug-likeness (QED) is 0.568. The van der Waals surface area contributed by atoms with E-state index in [1.54, 1.807) is 0 Å². The molecule has 0 unspecified atom stereocenters. The molecule has 100 valence electrons. The SMILES string of the molecule is CC(C)[C@H]1COC(C)(C)N1[CH]=[Cr].[C-]#[O+].[C-]#[O+].[C-]#[O+]. The normalized spacial score (nSPS) is 20.1. The molecule has 18 heavy (non-hydrogen) atoms. The molecule has 0 aromatic heterocycles. The van der Waals surface area contributed by atoms with Crippen molar-refractivity contribution in [2.24, 2.45) is 5.92 Å². The molecule has 1 fully saturated rings. The van der Waals surface area contributed by atoms with E-state index in [2.05, 4.69) is 68.4 Å². The molecule has 0 aromatic carbocycles. The summed E-state index contributed by atoms with van der Waals surface area (Å²) in [5, 5.41) is 2.01. The van der Waals surface area contributed by atoms with Crippen molar-refractivity contribution in [1.29, 1.82) is 0 Å². The van der Waals surface area contributed by atoms with E-state index in [9.17, 15) is 0 Å². The zero-order chi connectivity index (χ0) is 15.4. The minimum atomic E-state index is -0.139. The van der Waals surface area contributed by atoms with Crippen molar-refractivity contribution in [2.45, 2.75) is 39.5 Å². The molecule has 0 spiro atoms. The van der Waals surface area contributed by atoms with Crippen LogP contribution in [0.2, 0.25) is 0 Å². The predicted octanol–water partition coefficient (Wildman–Crippen LogP) is 1.27. The Labute approximate surface area is 117 Å². The van der Waals surface area contributed by atoms with E-state index in [0.29, 0.717) is 12.0 Å². The molecule has 0 bridgehead atoms. The van der Waals surface area contributed by atoms with Gasteiger partial charge in [0.15, 0.2) is 0 Å². The third-order valence-electron chi connectivity index (χ3n) is 2.47. The molecule has 5 nitrogen and oxygen atoms in total. The monoisotopic (exact) mass is 291 g/mol. The number of rotatable bonds is 2. The summed E-state index contributed by atoms with van der Waals surface area (Å²) < 4.78 is 28.2. The van der Waals surface area contributed by atoms with E-state index >= 15 is 0 Å². The maximum atomic E-state index is 7.50. The van der Waals surface area contributed by atoms with Gasteiger partial charge in [0.25, 0.3) is 0 Å². The molecule has 1 heterocycles. The van der Waals surface area contributed by atoms with Crippen molar-refractivity contribution in [3.63, 3.8) is 0 Å². The fourth-order valence-corrected chi connectivity index (χ4v) is 2.20. The van der Waals surface area contributed by atoms with Crippen LogP contribution < -0.4 is 0 Å². The Morgan fingerprint density at radius 2 is 1.61 bits per heavy atom. The van der Waals surface area contributed by atoms with Gasteiger partial charge in [-0.3, -0.25) is 0 Å². The van der Waals surface area contributed by atoms with Gasteiger partial charge in [-0.1, -0.05) is 0 Å². The van der Waals surface area contributed by atoms with E-state index < -0.39 is 0 Å². The first-order valence-electron chi connectivity index (χ1n) is 4.98. The Bertz CT molecular complexity index is 269. The van der Waals surface area contributed by atoms with E-state index in [1.807, 2.05) is 5.01 Å². The van der Waals surface area contributed by atoms with Crippen LogP contribution in [-0.4, -0.2) is 28.3 Å². The first-order chi connectivity index (χ1) is 8.49. The molecule has 0 N–H and O–H groups in total. The van der Waals surface area contributed by atoms with Crippen molar-refractivity contribution in [3.8, 4) is 0 Å². The summed E-state index contributed by atoms with van der Waals surface area (Å²) in [6, 6.07) is 0.515. The van der Waals surface area contributed by atoms with Crippen LogP contribution in [-0.2, 0) is 34.5 Å². The summed E-state index contributed by atoms with van der Waals surface area (Å²) in [6.45, 7) is 23.0. The zero-order valence-corrected chi connectivity index (χ0v) is 12.2. The van der Waals surface area contributed by atoms with Crippen molar-refractivity contribution in [2.75, 3.05) is 6.61 Å². The van der Waals surface area contributed by atoms with Gasteiger partial charge in [0.1, 0.15) is 0 Å². The third kappa shape index (κ3) is 7.08. The fraction of sp³-hybridized carbons (Fsp3) is 0.667. The Kier molecular flexibility index (Phi) is 16.4. The number of hydrogen-bond acceptors (Lipinski definition) is 2. The van der Waals surface area contributed by atoms with Crippen molar-refractivity contribution >= 4 is 5.01 Å². The minimum absolute atomic E-state index is 0.139. The van der Waals surface area contributed by atoms with Crippen molar-refractivity contribution in [3.05, 3.63) is 20.0 Å². The van der Waals surface area contributed by atoms with Crippen LogP contribution >= 0.6 is 0 Å². The Hall–Kier alpha value is -0.458. The van der Waals surface area contributed by atoms with Gasteiger partial charge in [-0.15, -0.1) is 0 Å². The topological polar surface area (TPSA) is 72.2 Å². The molecule has 0 amide bonds. The average molecular weight is 291 g/mol. The summed E-state index contributed by atoms with van der Waals surface area (Å²) in [5.41, 5.74) is -0.139. The molecular weight excluding hydrogens is 274 g/mol. The van der Waals surface area contributed by atoms with Gasteiger partial charge >= 0.3 is 116 Å². The maximum absolute atomic E-state index is 7.50. The van der Waals surface area contributed by atoms with Crippen LogP contribution in [0.15, 0.2) is 0 Å². The predicted molar refractivity (Wildman–Crippen MR) is 58.3 cm³/mol. The van der Waals surface area contributed by atoms with Crippen molar-refractivity contribution in [1.82, 2.24) is 4.90 Å². The third-order valence-corrected chi connectivity index (χ3v) is 2.82. The molecule has 1 aliphatic rings. The molecule has 1 rings (SSSR count). The first-order valence-corrected chi connectivity index (χ1v) is 5.71. The molecule has 6 heteroatoms. The van der Waals surface area contributed by atoms with Crippen LogP contribution in [0.25, 0.3) is 0 Å². The van der Waals surface area contributed by atoms with Gasteiger partial charge < -0.3 is 0 Å². The summed E-state index contributed by atoms with van der Waals surface area (Å²) in [7, 11) is 0. The Morgan fingerprint density at radius 3 is 1.83 bits per heavy atom. The molecule has 1 saturated heterocycles. The summed E-state index contributed by atoms with van der Waals surface area (Å²) in [5.74, 6) is 0.636. The Balaban J connectivity index is -0.000000328. The van der Waals surface area contributed by atoms with Crippen LogP contribution in [0.3, 0.4) is 0 Å². The Morgan fingerprint density at radius 1 is 1.22 bits per heavy atom. The summed E-state index contributed by atoms with van der Waals surface area (Å²) in [6.07, 6.45) is 0. The van der Waals surface area contributed by atoms with Gasteiger partial charge in [0.05, 0.1) is 0 Å². The van der Waals surface area contributed by atoms with Crippen molar-refractivity contribution < 1.29 is 34.5 Å². The van der Waals surface area contributed by atoms with E-state index in [4.69, 9.17) is 18.7 Å². The fourth-order valence-electron chi connectivity index (χ4n) is 1.56. The molecule has 0 aromatic rings. The second-order valence-electron chi connectivity index (χ2n) is 4.08. The first kappa shape index (κ1) is 22.7. The molecule has 0 aliphatic carbocycles. The van der Waals surface area contributed by atoms with Gasteiger partial charge in [-0.2, -0.15) is 0 Å². The van der Waals surface area contributed by atoms with Crippen LogP contribution in [0.5, 0.6) is 0 Å². The summed E-state index contributed by atoms with van der Waals surface area (Å²) in [4.78, 5) is 2.26. The molecule has 0 radical (unpaired) electrons. The standard InChI is InChI=1S/C9H17NO.3CO.Cr/c1-7(2)8-6-11-9(3,4)10(8)5;3*1-2;/h5,7-8H,6H2,1-4H3;;;;/t8-;;;;/m1..../s1. The van der Waals surface area contributed by atoms with Crippen LogP contribution in [0.4, 0.5) is 0 Å². The zero-order valence-electron chi connectivity index (χ0n) is 10.9. The van der Waals surface area contributed by atoms with E-state index in [0.717, 1.165) is 6.61 Å². The number of nitrogens with zero attached hydrogens (tertiary/aromatic N) is 1. The van der Waals surface area contributed by atoms with Crippen LogP contribution in [0, 0.1) is 25.9 Å². The van der Waals surface area contributed by atoms with Gasteiger partial charge in [-0.05, 0) is 0 Å². The average Bonchev–Trinajstić information content (AvgIpc) is 2.71. The number of ether oxygens (including phenoxy) is 1. The second kappa shape index (κ2) is 13.0. The summed E-state index contributed by atoms with van der Waals surface area (Å²) >= 11 is 2.95. The van der Waals surface area contributed by atoms with Gasteiger partial charge in [0.2, 0.25) is 0 Å². The van der Waals surface area contributed by atoms with Crippen LogP contribution in [0.1, 0.15) is 27.7 Å². The molecular formula is C12H17CrNO4. The molecule has 0 saturated carbocycles. The van der Waals surface area contributed by atoms with Gasteiger partial charge in [0, 0.05) is 0 Å². The van der Waals surface area contributed by atoms with E-state index in [1.165, 1.54) is 0 Å². The number of hydrogen-bond donors (Lipinski definition) is 0. The van der Waals surface area contributed by atoms with Gasteiger partial charge in [-0.25, -0.2) is 0 Å².